The van der Waals surface area contributed by atoms with Crippen LogP contribution in [-0.2, 0) is 0 Å². The Morgan fingerprint density at radius 3 is 2.00 bits per heavy atom. The number of unbranched alkanes of at least 4 members (excludes halogenated alkanes) is 2. The number of hydrogen-bond donors (Lipinski definition) is 3. The third-order valence-corrected chi connectivity index (χ3v) is 10.7. The molecule has 4 aliphatic rings. The molecule has 12 nitrogen and oxygen atoms in total. The summed E-state index contributed by atoms with van der Waals surface area (Å²) in [5.41, 5.74) is 7.57. The average molecular weight is 756 g/mol. The first-order valence-corrected chi connectivity index (χ1v) is 18.9. The monoisotopic (exact) mass is 755 g/mol. The van der Waals surface area contributed by atoms with Gasteiger partial charge in [-0.1, -0.05) is 24.3 Å². The van der Waals surface area contributed by atoms with Crippen LogP contribution in [0.25, 0.3) is 11.1 Å². The van der Waals surface area contributed by atoms with E-state index in [1.807, 2.05) is 67.0 Å². The number of amides is 1. The molecule has 0 aliphatic carbocycles. The lowest BCUT2D eigenvalue weighted by Crippen LogP contribution is -2.32. The highest BCUT2D eigenvalue weighted by Gasteiger charge is 2.35. The topological polar surface area (TPSA) is 138 Å². The highest BCUT2D eigenvalue weighted by atomic mass is 16.5. The van der Waals surface area contributed by atoms with Crippen LogP contribution in [0.5, 0.6) is 28.7 Å². The standard InChI is InChI=1S/C44H45N5O7/c1-45-31-11-7-27(8-12-31)29-17-32-23-46-37-21-41(39(53-2)19-35(37)43(51)48(32)25-29)55-15-5-4-6-16-56-42-22-38-36(20-40(42)54-3)44(52)49-26-30(18-33(49)24-47-38)28-9-13-34(50)14-10-28/h7-14,19-26,32-33,43,45,50-51H,4-6,15-18H2,1-3H3/t32-,33-,43?/m0/s1. The minimum Gasteiger partial charge on any atom is -0.508 e. The number of ether oxygens (including phenoxy) is 4. The van der Waals surface area contributed by atoms with Crippen LogP contribution in [0, 0.1) is 0 Å². The summed E-state index contributed by atoms with van der Waals surface area (Å²) in [6.07, 6.45) is 10.5. The molecule has 288 valence electrons. The van der Waals surface area contributed by atoms with Gasteiger partial charge in [0.25, 0.3) is 5.91 Å². The summed E-state index contributed by atoms with van der Waals surface area (Å²) in [7, 11) is 5.05. The minimum atomic E-state index is -0.889. The van der Waals surface area contributed by atoms with Crippen molar-refractivity contribution in [2.24, 2.45) is 9.98 Å². The number of methoxy groups -OCH3 is 2. The smallest absolute Gasteiger partial charge is 0.260 e. The van der Waals surface area contributed by atoms with Gasteiger partial charge in [0.2, 0.25) is 0 Å². The Bertz CT molecular complexity index is 2230. The van der Waals surface area contributed by atoms with Gasteiger partial charge >= 0.3 is 0 Å². The Hall–Kier alpha value is -6.27. The first kappa shape index (κ1) is 36.7. The van der Waals surface area contributed by atoms with Crippen LogP contribution in [0.3, 0.4) is 0 Å². The molecule has 8 rings (SSSR count). The Kier molecular flexibility index (Phi) is 10.4. The van der Waals surface area contributed by atoms with E-state index in [1.165, 1.54) is 0 Å². The molecule has 12 heteroatoms. The van der Waals surface area contributed by atoms with E-state index in [9.17, 15) is 15.0 Å². The third-order valence-electron chi connectivity index (χ3n) is 10.7. The molecule has 4 aliphatic heterocycles. The number of aliphatic hydroxyl groups excluding tert-OH is 1. The van der Waals surface area contributed by atoms with Crippen LogP contribution in [0.4, 0.5) is 17.1 Å². The molecule has 0 radical (unpaired) electrons. The van der Waals surface area contributed by atoms with Gasteiger partial charge in [0, 0.05) is 61.7 Å². The fraction of sp³-hybridized carbons (Fsp3) is 0.295. The number of hydrogen-bond acceptors (Lipinski definition) is 11. The number of anilines is 1. The van der Waals surface area contributed by atoms with E-state index in [0.29, 0.717) is 65.1 Å². The molecule has 56 heavy (non-hydrogen) atoms. The summed E-state index contributed by atoms with van der Waals surface area (Å²) >= 11 is 0. The van der Waals surface area contributed by atoms with Gasteiger partial charge in [0.15, 0.2) is 29.2 Å². The number of carbonyl (C=O) groups is 1. The number of carbonyl (C=O) groups excluding carboxylic acids is 1. The van der Waals surface area contributed by atoms with Crippen LogP contribution in [-0.4, -0.2) is 84.9 Å². The maximum atomic E-state index is 13.7. The van der Waals surface area contributed by atoms with Crippen molar-refractivity contribution in [3.63, 3.8) is 0 Å². The molecule has 0 fully saturated rings. The number of aromatic hydroxyl groups is 1. The van der Waals surface area contributed by atoms with Gasteiger partial charge < -0.3 is 44.3 Å². The zero-order valence-electron chi connectivity index (χ0n) is 31.6. The second-order valence-corrected chi connectivity index (χ2v) is 14.2. The summed E-state index contributed by atoms with van der Waals surface area (Å²) in [5, 5.41) is 24.3. The lowest BCUT2D eigenvalue weighted by molar-refractivity contribution is 0.0336. The second kappa shape index (κ2) is 15.8. The van der Waals surface area contributed by atoms with Crippen LogP contribution in [0.1, 0.15) is 65.4 Å². The highest BCUT2D eigenvalue weighted by Crippen LogP contribution is 2.44. The van der Waals surface area contributed by atoms with Gasteiger partial charge in [-0.3, -0.25) is 14.8 Å². The molecule has 0 bridgehead atoms. The number of aliphatic imine (C=N–C) groups is 2. The predicted molar refractivity (Wildman–Crippen MR) is 217 cm³/mol. The Morgan fingerprint density at radius 2 is 1.32 bits per heavy atom. The van der Waals surface area contributed by atoms with Gasteiger partial charge in [-0.2, -0.15) is 0 Å². The molecule has 0 aromatic heterocycles. The van der Waals surface area contributed by atoms with Crippen LogP contribution < -0.4 is 24.3 Å². The molecule has 4 aromatic carbocycles. The minimum absolute atomic E-state index is 0.0723. The zero-order chi connectivity index (χ0) is 38.8. The van der Waals surface area contributed by atoms with E-state index >= 15 is 0 Å². The molecule has 3 atom stereocenters. The maximum absolute atomic E-state index is 13.7. The van der Waals surface area contributed by atoms with Gasteiger partial charge in [-0.25, -0.2) is 0 Å². The number of phenols is 1. The predicted octanol–water partition coefficient (Wildman–Crippen LogP) is 7.87. The fourth-order valence-electron chi connectivity index (χ4n) is 7.56. The summed E-state index contributed by atoms with van der Waals surface area (Å²) in [4.78, 5) is 26.8. The van der Waals surface area contributed by atoms with Crippen molar-refractivity contribution in [2.75, 3.05) is 39.8 Å². The fourth-order valence-corrected chi connectivity index (χ4v) is 7.56. The molecule has 0 saturated heterocycles. The lowest BCUT2D eigenvalue weighted by Gasteiger charge is -2.27. The van der Waals surface area contributed by atoms with Crippen LogP contribution >= 0.6 is 0 Å². The number of benzene rings is 4. The van der Waals surface area contributed by atoms with Gasteiger partial charge in [0.1, 0.15) is 5.75 Å². The first-order valence-electron chi connectivity index (χ1n) is 18.9. The average Bonchev–Trinajstić information content (AvgIpc) is 3.80. The van der Waals surface area contributed by atoms with Crippen LogP contribution in [0.15, 0.2) is 95.2 Å². The Morgan fingerprint density at radius 1 is 0.732 bits per heavy atom. The quantitative estimate of drug-likeness (QED) is 0.116. The van der Waals surface area contributed by atoms with Crippen molar-refractivity contribution in [3.05, 3.63) is 107 Å². The summed E-state index contributed by atoms with van der Waals surface area (Å²) in [6, 6.07) is 22.1. The zero-order valence-corrected chi connectivity index (χ0v) is 31.6. The molecule has 0 saturated carbocycles. The molecular formula is C44H45N5O7. The van der Waals surface area contributed by atoms with Crippen LogP contribution in [0.2, 0.25) is 0 Å². The molecule has 4 heterocycles. The largest absolute Gasteiger partial charge is 0.508 e. The molecule has 1 unspecified atom stereocenters. The SMILES string of the molecule is CNc1ccc(C2=CN3C(O)c4cc(OC)c(OCCCCCOc5cc6c(cc5OC)C(=O)N5C=C(c7ccc(O)cc7)C[C@H]5C=N6)cc4N=C[C@@H]3C2)cc1. The summed E-state index contributed by atoms with van der Waals surface area (Å²) in [5.74, 6) is 2.15. The van der Waals surface area contributed by atoms with E-state index in [1.54, 1.807) is 49.6 Å². The number of nitrogens with zero attached hydrogens (tertiary/aromatic N) is 4. The Labute approximate surface area is 326 Å². The molecule has 0 spiro atoms. The van der Waals surface area contributed by atoms with E-state index in [-0.39, 0.29) is 23.7 Å². The van der Waals surface area contributed by atoms with Crippen molar-refractivity contribution in [1.82, 2.24) is 9.80 Å². The van der Waals surface area contributed by atoms with E-state index in [4.69, 9.17) is 23.9 Å². The lowest BCUT2D eigenvalue weighted by atomic mass is 10.0. The first-order chi connectivity index (χ1) is 27.3. The number of phenolic OH excluding ortho intramolecular Hbond substituents is 1. The third kappa shape index (κ3) is 7.27. The highest BCUT2D eigenvalue weighted by molar-refractivity contribution is 6.05. The van der Waals surface area contributed by atoms with E-state index in [2.05, 4.69) is 22.4 Å². The molecule has 3 N–H and O–H groups in total. The van der Waals surface area contributed by atoms with Crippen molar-refractivity contribution < 1.29 is 34.0 Å². The summed E-state index contributed by atoms with van der Waals surface area (Å²) in [6.45, 7) is 0.915. The number of rotatable bonds is 13. The molecule has 1 amide bonds. The maximum Gasteiger partial charge on any atom is 0.260 e. The number of nitrogens with one attached hydrogen (secondary N) is 1. The number of fused-ring (bicyclic) bond motifs is 4. The molecule has 4 aromatic rings. The summed E-state index contributed by atoms with van der Waals surface area (Å²) < 4.78 is 23.6. The van der Waals surface area contributed by atoms with Gasteiger partial charge in [-0.05, 0) is 84.4 Å². The van der Waals surface area contributed by atoms with Crippen molar-refractivity contribution in [2.45, 2.75) is 50.4 Å². The van der Waals surface area contributed by atoms with Crippen molar-refractivity contribution in [3.8, 4) is 28.7 Å². The van der Waals surface area contributed by atoms with Gasteiger partial charge in [0.05, 0.1) is 56.5 Å². The van der Waals surface area contributed by atoms with E-state index in [0.717, 1.165) is 53.6 Å². The Balaban J connectivity index is 0.847. The number of aliphatic hydroxyl groups is 1. The normalized spacial score (nSPS) is 19.2. The molecular weight excluding hydrogens is 711 g/mol. The van der Waals surface area contributed by atoms with Gasteiger partial charge in [-0.15, -0.1) is 0 Å². The van der Waals surface area contributed by atoms with Crippen molar-refractivity contribution >= 4 is 46.5 Å². The van der Waals surface area contributed by atoms with Crippen molar-refractivity contribution in [1.29, 1.82) is 0 Å². The second-order valence-electron chi connectivity index (χ2n) is 14.2. The van der Waals surface area contributed by atoms with E-state index < -0.39 is 6.23 Å².